The number of hydrogen-bond acceptors (Lipinski definition) is 6. The van der Waals surface area contributed by atoms with Crippen molar-refractivity contribution in [3.63, 3.8) is 0 Å². The van der Waals surface area contributed by atoms with Gasteiger partial charge < -0.3 is 10.1 Å². The third-order valence-corrected chi connectivity index (χ3v) is 4.73. The van der Waals surface area contributed by atoms with E-state index in [1.165, 1.54) is 42.5 Å². The van der Waals surface area contributed by atoms with E-state index in [9.17, 15) is 25.0 Å². The summed E-state index contributed by atoms with van der Waals surface area (Å²) >= 11 is 5.88. The monoisotopic (exact) mass is 461 g/mol. The lowest BCUT2D eigenvalue weighted by Crippen LogP contribution is -2.14. The largest absolute Gasteiger partial charge is 0.423 e. The topological polar surface area (TPSA) is 122 Å². The fraction of sp³-hybridized carbons (Fsp3) is 0.0417. The summed E-state index contributed by atoms with van der Waals surface area (Å²) in [4.78, 5) is 35.0. The van der Waals surface area contributed by atoms with Gasteiger partial charge in [-0.2, -0.15) is 5.26 Å². The zero-order chi connectivity index (χ0) is 24.0. The average Bonchev–Trinajstić information content (AvgIpc) is 2.79. The van der Waals surface area contributed by atoms with Crippen molar-refractivity contribution in [1.82, 2.24) is 0 Å². The molecule has 0 atom stereocenters. The average molecular weight is 462 g/mol. The number of nitrogens with one attached hydrogen (secondary N) is 1. The molecule has 0 aliphatic rings. The van der Waals surface area contributed by atoms with E-state index < -0.39 is 16.8 Å². The number of hydrogen-bond donors (Lipinski definition) is 1. The predicted octanol–water partition coefficient (Wildman–Crippen LogP) is 5.32. The van der Waals surface area contributed by atoms with Crippen molar-refractivity contribution in [1.29, 1.82) is 5.26 Å². The van der Waals surface area contributed by atoms with Gasteiger partial charge in [0.25, 0.3) is 11.6 Å². The van der Waals surface area contributed by atoms with Crippen LogP contribution in [0, 0.1) is 28.4 Å². The van der Waals surface area contributed by atoms with Crippen LogP contribution in [0.4, 0.5) is 11.4 Å². The van der Waals surface area contributed by atoms with Crippen molar-refractivity contribution in [3.8, 4) is 11.8 Å². The molecule has 33 heavy (non-hydrogen) atoms. The van der Waals surface area contributed by atoms with E-state index in [4.69, 9.17) is 16.3 Å². The molecule has 0 bridgehead atoms. The van der Waals surface area contributed by atoms with E-state index in [1.807, 2.05) is 6.07 Å². The quantitative estimate of drug-likeness (QED) is 0.132. The lowest BCUT2D eigenvalue weighted by Gasteiger charge is -2.08. The Bertz CT molecular complexity index is 1310. The van der Waals surface area contributed by atoms with Gasteiger partial charge in [0.05, 0.1) is 10.5 Å². The van der Waals surface area contributed by atoms with E-state index >= 15 is 0 Å². The first-order chi connectivity index (χ1) is 15.8. The number of carbonyl (C=O) groups is 2. The minimum absolute atomic E-state index is 0.0994. The molecule has 3 aromatic rings. The van der Waals surface area contributed by atoms with Gasteiger partial charge >= 0.3 is 5.97 Å². The molecule has 3 rings (SSSR count). The molecule has 0 spiro atoms. The Labute approximate surface area is 193 Å². The fourth-order valence-electron chi connectivity index (χ4n) is 2.82. The number of anilines is 1. The van der Waals surface area contributed by atoms with Gasteiger partial charge in [-0.05, 0) is 60.5 Å². The lowest BCUT2D eigenvalue weighted by atomic mass is 10.1. The highest BCUT2D eigenvalue weighted by Crippen LogP contribution is 2.22. The minimum atomic E-state index is -0.661. The normalized spacial score (nSPS) is 10.8. The Balaban J connectivity index is 1.71. The molecular formula is C24H16ClN3O5. The van der Waals surface area contributed by atoms with Gasteiger partial charge in [-0.25, -0.2) is 4.79 Å². The van der Waals surface area contributed by atoms with Crippen LogP contribution in [-0.2, 0) is 4.79 Å². The molecule has 9 heteroatoms. The molecule has 0 aliphatic heterocycles. The van der Waals surface area contributed by atoms with Crippen molar-refractivity contribution < 1.29 is 19.2 Å². The summed E-state index contributed by atoms with van der Waals surface area (Å²) in [6, 6.07) is 18.4. The number of carbonyl (C=O) groups excluding carboxylic acids is 2. The first kappa shape index (κ1) is 23.2. The second kappa shape index (κ2) is 10.2. The van der Waals surface area contributed by atoms with Gasteiger partial charge in [-0.15, -0.1) is 0 Å². The molecule has 0 unspecified atom stereocenters. The van der Waals surface area contributed by atoms with E-state index in [0.717, 1.165) is 0 Å². The van der Waals surface area contributed by atoms with Crippen molar-refractivity contribution in [2.45, 2.75) is 6.92 Å². The van der Waals surface area contributed by atoms with Crippen LogP contribution in [0.3, 0.4) is 0 Å². The molecule has 0 heterocycles. The Morgan fingerprint density at radius 3 is 2.45 bits per heavy atom. The number of nitriles is 1. The third kappa shape index (κ3) is 6.03. The number of non-ortho nitro benzene ring substituents is 1. The first-order valence-electron chi connectivity index (χ1n) is 9.53. The number of aryl methyl sites for hydroxylation is 1. The number of nitro groups is 1. The van der Waals surface area contributed by atoms with Crippen LogP contribution in [0.15, 0.2) is 72.3 Å². The van der Waals surface area contributed by atoms with Crippen LogP contribution >= 0.6 is 11.6 Å². The van der Waals surface area contributed by atoms with Crippen molar-refractivity contribution in [2.24, 2.45) is 0 Å². The van der Waals surface area contributed by atoms with Crippen molar-refractivity contribution >= 4 is 40.9 Å². The molecule has 1 amide bonds. The summed E-state index contributed by atoms with van der Waals surface area (Å²) in [5.74, 6) is -0.955. The zero-order valence-electron chi connectivity index (χ0n) is 17.2. The van der Waals surface area contributed by atoms with Gasteiger partial charge in [0.15, 0.2) is 0 Å². The Morgan fingerprint density at radius 1 is 1.12 bits per heavy atom. The first-order valence-corrected chi connectivity index (χ1v) is 9.90. The molecule has 1 N–H and O–H groups in total. The highest BCUT2D eigenvalue weighted by atomic mass is 35.5. The van der Waals surface area contributed by atoms with Crippen molar-refractivity contribution in [2.75, 3.05) is 5.32 Å². The number of amides is 1. The van der Waals surface area contributed by atoms with Crippen LogP contribution in [-0.4, -0.2) is 16.8 Å². The number of benzene rings is 3. The number of esters is 1. The second-order valence-corrected chi connectivity index (χ2v) is 7.29. The van der Waals surface area contributed by atoms with Gasteiger partial charge in [0.2, 0.25) is 0 Å². The molecule has 0 radical (unpaired) electrons. The maximum absolute atomic E-state index is 12.5. The van der Waals surface area contributed by atoms with Gasteiger partial charge in [-0.3, -0.25) is 14.9 Å². The van der Waals surface area contributed by atoms with E-state index in [-0.39, 0.29) is 17.0 Å². The van der Waals surface area contributed by atoms with Crippen LogP contribution in [0.25, 0.3) is 6.08 Å². The predicted molar refractivity (Wildman–Crippen MR) is 123 cm³/mol. The molecule has 0 saturated carbocycles. The molecule has 0 fully saturated rings. The molecule has 3 aromatic carbocycles. The van der Waals surface area contributed by atoms with Crippen LogP contribution < -0.4 is 10.1 Å². The van der Waals surface area contributed by atoms with Crippen LogP contribution in [0.2, 0.25) is 5.02 Å². The number of nitrogens with zero attached hydrogens (tertiary/aromatic N) is 2. The lowest BCUT2D eigenvalue weighted by molar-refractivity contribution is -0.384. The number of halogens is 1. The van der Waals surface area contributed by atoms with Crippen molar-refractivity contribution in [3.05, 3.63) is 104 Å². The maximum Gasteiger partial charge on any atom is 0.343 e. The molecular weight excluding hydrogens is 446 g/mol. The zero-order valence-corrected chi connectivity index (χ0v) is 18.0. The Kier molecular flexibility index (Phi) is 7.18. The maximum atomic E-state index is 12.5. The Morgan fingerprint density at radius 2 is 1.85 bits per heavy atom. The molecule has 164 valence electrons. The van der Waals surface area contributed by atoms with E-state index in [1.54, 1.807) is 37.3 Å². The summed E-state index contributed by atoms with van der Waals surface area (Å²) in [5, 5.41) is 23.2. The van der Waals surface area contributed by atoms with Crippen LogP contribution in [0.1, 0.15) is 21.5 Å². The van der Waals surface area contributed by atoms with Crippen LogP contribution in [0.5, 0.6) is 5.75 Å². The van der Waals surface area contributed by atoms with E-state index in [2.05, 4.69) is 5.32 Å². The summed E-state index contributed by atoms with van der Waals surface area (Å²) < 4.78 is 5.30. The summed E-state index contributed by atoms with van der Waals surface area (Å²) in [7, 11) is 0. The third-order valence-electron chi connectivity index (χ3n) is 4.50. The number of ether oxygens (including phenoxy) is 1. The standard InChI is InChI=1S/C24H16ClN3O5/c1-15-11-20(28(31)32)7-10-22(15)27-23(29)18(14-26)12-16-5-8-21(9-6-16)33-24(30)17-3-2-4-19(25)13-17/h2-13H,1H3,(H,27,29). The molecule has 0 aliphatic carbocycles. The molecule has 8 nitrogen and oxygen atoms in total. The Hall–Kier alpha value is -4.48. The van der Waals surface area contributed by atoms with E-state index in [0.29, 0.717) is 27.4 Å². The SMILES string of the molecule is Cc1cc([N+](=O)[O-])ccc1NC(=O)C(C#N)=Cc1ccc(OC(=O)c2cccc(Cl)c2)cc1. The molecule has 0 aromatic heterocycles. The number of rotatable bonds is 6. The minimum Gasteiger partial charge on any atom is -0.423 e. The summed E-state index contributed by atoms with van der Waals surface area (Å²) in [6.07, 6.45) is 1.37. The number of nitro benzene ring substituents is 1. The highest BCUT2D eigenvalue weighted by Gasteiger charge is 2.14. The van der Waals surface area contributed by atoms with Gasteiger partial charge in [-0.1, -0.05) is 29.8 Å². The van der Waals surface area contributed by atoms with Gasteiger partial charge in [0, 0.05) is 22.8 Å². The highest BCUT2D eigenvalue weighted by molar-refractivity contribution is 6.30. The smallest absolute Gasteiger partial charge is 0.343 e. The molecule has 0 saturated heterocycles. The van der Waals surface area contributed by atoms with Gasteiger partial charge in [0.1, 0.15) is 17.4 Å². The summed E-state index contributed by atoms with van der Waals surface area (Å²) in [6.45, 7) is 1.61. The fourth-order valence-corrected chi connectivity index (χ4v) is 3.01. The summed E-state index contributed by atoms with van der Waals surface area (Å²) in [5.41, 5.74) is 1.41. The second-order valence-electron chi connectivity index (χ2n) is 6.85.